The van der Waals surface area contributed by atoms with Gasteiger partial charge in [-0.1, -0.05) is 56.1 Å². The number of carboxylic acids is 1. The normalized spacial score (nSPS) is 13.8. The second-order valence-corrected chi connectivity index (χ2v) is 18.4. The maximum Gasteiger partial charge on any atom is 0.415 e. The maximum absolute atomic E-state index is 14.5. The Morgan fingerprint density at radius 1 is 1.04 bits per heavy atom. The second kappa shape index (κ2) is 13.6. The maximum atomic E-state index is 14.5. The lowest BCUT2D eigenvalue weighted by atomic mass is 10.2. The average Bonchev–Trinajstić information content (AvgIpc) is 3.74. The van der Waals surface area contributed by atoms with Crippen LogP contribution in [0.15, 0.2) is 72.0 Å². The van der Waals surface area contributed by atoms with Crippen LogP contribution in [0.2, 0.25) is 28.2 Å². The van der Waals surface area contributed by atoms with Crippen molar-refractivity contribution >= 4 is 37.5 Å². The Morgan fingerprint density at radius 3 is 2.29 bits per heavy atom. The first-order chi connectivity index (χ1) is 22.9. The van der Waals surface area contributed by atoms with E-state index < -0.39 is 56.4 Å². The van der Waals surface area contributed by atoms with E-state index in [4.69, 9.17) is 27.6 Å². The van der Waals surface area contributed by atoms with Gasteiger partial charge in [0.2, 0.25) is 0 Å². The lowest BCUT2D eigenvalue weighted by Gasteiger charge is -2.39. The Labute approximate surface area is 289 Å². The van der Waals surface area contributed by atoms with Gasteiger partial charge in [0.25, 0.3) is 0 Å². The monoisotopic (exact) mass is 736 g/mol. The molecule has 5 aromatic rings. The van der Waals surface area contributed by atoms with Gasteiger partial charge in [0.1, 0.15) is 6.54 Å². The first kappa shape index (κ1) is 36.0. The van der Waals surface area contributed by atoms with Gasteiger partial charge in [-0.15, -0.1) is 10.2 Å². The van der Waals surface area contributed by atoms with Gasteiger partial charge in [-0.3, -0.25) is 4.57 Å². The topological polar surface area (TPSA) is 135 Å². The van der Waals surface area contributed by atoms with Gasteiger partial charge in [-0.25, -0.2) is 28.9 Å². The summed E-state index contributed by atoms with van der Waals surface area (Å²) in [7, 11) is -2.96. The lowest BCUT2D eigenvalue weighted by molar-refractivity contribution is -0.202. The fraction of sp³-hybridized carbons (Fsp3) is 0.355. The first-order valence-electron chi connectivity index (χ1n) is 15.0. The fourth-order valence-corrected chi connectivity index (χ4v) is 6.38. The van der Waals surface area contributed by atoms with E-state index in [1.54, 1.807) is 37.4 Å². The molecule has 3 aromatic heterocycles. The largest absolute Gasteiger partial charge is 0.479 e. The van der Waals surface area contributed by atoms with E-state index in [0.29, 0.717) is 16.3 Å². The molecule has 0 bridgehead atoms. The number of rotatable bonds is 11. The highest BCUT2D eigenvalue weighted by Crippen LogP contribution is 2.40. The molecule has 0 amide bonds. The predicted octanol–water partition coefficient (Wildman–Crippen LogP) is 6.47. The molecule has 0 fully saturated rings. The summed E-state index contributed by atoms with van der Waals surface area (Å²) < 4.78 is 53.8. The van der Waals surface area contributed by atoms with Crippen molar-refractivity contribution in [3.05, 3.63) is 99.4 Å². The quantitative estimate of drug-likeness (QED) is 0.153. The number of nitrogens with zero attached hydrogens (tertiary/aromatic N) is 8. The molecule has 2 atom stereocenters. The summed E-state index contributed by atoms with van der Waals surface area (Å²) in [6.45, 7) is 7.56. The molecule has 49 heavy (non-hydrogen) atoms. The SMILES string of the molecule is CC(C)(C)[Si](C)(C)O[C@@H](Cn1c(-c2ccc(Cl)cc2)nn(Cc2nc(C(C(=O)O)n3ccnc3)n(-c3ccccc3Cl)n2)c1=O)C(F)(F)F. The Kier molecular flexibility index (Phi) is 9.98. The molecule has 2 aromatic carbocycles. The van der Waals surface area contributed by atoms with Crippen LogP contribution in [0.5, 0.6) is 0 Å². The molecular formula is C31H33Cl2F3N8O4Si. The third-order valence-corrected chi connectivity index (χ3v) is 13.4. The Balaban J connectivity index is 1.63. The van der Waals surface area contributed by atoms with Gasteiger partial charge < -0.3 is 14.1 Å². The predicted molar refractivity (Wildman–Crippen MR) is 179 cm³/mol. The first-order valence-corrected chi connectivity index (χ1v) is 18.6. The molecule has 3 heterocycles. The van der Waals surface area contributed by atoms with Gasteiger partial charge in [0, 0.05) is 23.0 Å². The van der Waals surface area contributed by atoms with Crippen LogP contribution in [0.1, 0.15) is 38.5 Å². The number of hydrogen-bond donors (Lipinski definition) is 1. The van der Waals surface area contributed by atoms with Crippen molar-refractivity contribution in [2.75, 3.05) is 0 Å². The summed E-state index contributed by atoms with van der Waals surface area (Å²) in [5.41, 5.74) is -0.257. The number of halogens is 5. The molecule has 0 aliphatic heterocycles. The molecule has 0 radical (unpaired) electrons. The van der Waals surface area contributed by atoms with Gasteiger partial charge in [0.05, 0.1) is 23.6 Å². The van der Waals surface area contributed by atoms with Crippen LogP contribution in [0.3, 0.4) is 0 Å². The smallest absolute Gasteiger partial charge is 0.415 e. The van der Waals surface area contributed by atoms with Crippen molar-refractivity contribution in [3.63, 3.8) is 0 Å². The van der Waals surface area contributed by atoms with Crippen LogP contribution in [0.25, 0.3) is 17.1 Å². The Bertz CT molecular complexity index is 2000. The highest BCUT2D eigenvalue weighted by molar-refractivity contribution is 6.74. The van der Waals surface area contributed by atoms with Crippen molar-refractivity contribution in [3.8, 4) is 17.1 Å². The zero-order valence-corrected chi connectivity index (χ0v) is 29.6. The van der Waals surface area contributed by atoms with Crippen molar-refractivity contribution in [1.82, 2.24) is 38.7 Å². The molecule has 1 N–H and O–H groups in total. The van der Waals surface area contributed by atoms with Gasteiger partial charge >= 0.3 is 17.8 Å². The second-order valence-electron chi connectivity index (χ2n) is 12.8. The third kappa shape index (κ3) is 7.66. The molecular weight excluding hydrogens is 704 g/mol. The van der Waals surface area contributed by atoms with E-state index in [1.807, 2.05) is 20.8 Å². The van der Waals surface area contributed by atoms with E-state index in [2.05, 4.69) is 20.2 Å². The van der Waals surface area contributed by atoms with Crippen molar-refractivity contribution in [1.29, 1.82) is 0 Å². The Morgan fingerprint density at radius 2 is 1.71 bits per heavy atom. The number of para-hydroxylation sites is 1. The van der Waals surface area contributed by atoms with E-state index in [1.165, 1.54) is 52.2 Å². The zero-order chi connectivity index (χ0) is 35.9. The summed E-state index contributed by atoms with van der Waals surface area (Å²) >= 11 is 12.5. The Hall–Kier alpha value is -4.25. The van der Waals surface area contributed by atoms with Crippen LogP contribution in [0, 0.1) is 0 Å². The van der Waals surface area contributed by atoms with Crippen LogP contribution in [-0.4, -0.2) is 70.3 Å². The molecule has 0 saturated carbocycles. The third-order valence-electron chi connectivity index (χ3n) is 8.33. The molecule has 18 heteroatoms. The van der Waals surface area contributed by atoms with Crippen LogP contribution < -0.4 is 5.69 Å². The van der Waals surface area contributed by atoms with Crippen LogP contribution >= 0.6 is 23.2 Å². The lowest BCUT2D eigenvalue weighted by Crippen LogP contribution is -2.50. The summed E-state index contributed by atoms with van der Waals surface area (Å²) in [5, 5.41) is 19.2. The van der Waals surface area contributed by atoms with Crippen molar-refractivity contribution in [2.45, 2.75) is 70.3 Å². The molecule has 260 valence electrons. The van der Waals surface area contributed by atoms with E-state index in [-0.39, 0.29) is 22.5 Å². The van der Waals surface area contributed by atoms with E-state index in [9.17, 15) is 27.9 Å². The minimum atomic E-state index is -4.81. The minimum absolute atomic E-state index is 0.0550. The molecule has 12 nitrogen and oxygen atoms in total. The van der Waals surface area contributed by atoms with Crippen molar-refractivity contribution < 1.29 is 27.5 Å². The number of carbonyl (C=O) groups is 1. The number of aromatic nitrogens is 8. The molecule has 0 saturated heterocycles. The molecule has 0 aliphatic carbocycles. The van der Waals surface area contributed by atoms with E-state index >= 15 is 0 Å². The van der Waals surface area contributed by atoms with Crippen LogP contribution in [0.4, 0.5) is 13.2 Å². The van der Waals surface area contributed by atoms with E-state index in [0.717, 1.165) is 9.25 Å². The fourth-order valence-electron chi connectivity index (χ4n) is 4.77. The highest BCUT2D eigenvalue weighted by atomic mass is 35.5. The number of aliphatic carboxylic acids is 1. The zero-order valence-electron chi connectivity index (χ0n) is 27.1. The summed E-state index contributed by atoms with van der Waals surface area (Å²) in [6, 6.07) is 11.3. The number of carboxylic acid groups (broad SMARTS) is 1. The molecule has 5 rings (SSSR count). The van der Waals surface area contributed by atoms with Crippen molar-refractivity contribution in [2.24, 2.45) is 0 Å². The summed E-state index contributed by atoms with van der Waals surface area (Å²) in [4.78, 5) is 34.9. The summed E-state index contributed by atoms with van der Waals surface area (Å²) in [5.74, 6) is -1.47. The molecule has 0 aliphatic rings. The number of alkyl halides is 3. The van der Waals surface area contributed by atoms with Gasteiger partial charge in [0.15, 0.2) is 37.9 Å². The van der Waals surface area contributed by atoms with Crippen LogP contribution in [-0.2, 0) is 22.3 Å². The average molecular weight is 738 g/mol. The standard InChI is InChI=1S/C31H33Cl2F3N8O4Si/c1-30(2,3)49(4,5)48-23(31(34,35)36)16-42-26(19-10-12-20(32)13-11-19)40-43(29(42)47)17-24-38-27(25(28(45)46)41-15-14-37-18-41)44(39-24)22-9-7-6-8-21(22)33/h6-15,18,23,25H,16-17H2,1-5H3,(H,45,46)/t23-,25?/m0/s1. The number of benzene rings is 2. The van der Waals surface area contributed by atoms with Gasteiger partial charge in [-0.05, 0) is 54.5 Å². The number of hydrogen-bond acceptors (Lipinski definition) is 7. The minimum Gasteiger partial charge on any atom is -0.479 e. The highest BCUT2D eigenvalue weighted by Gasteiger charge is 2.48. The molecule has 1 unspecified atom stereocenters. The summed E-state index contributed by atoms with van der Waals surface area (Å²) in [6.07, 6.45) is -2.97. The number of imidazole rings is 1. The van der Waals surface area contributed by atoms with Gasteiger partial charge in [-0.2, -0.15) is 13.2 Å². The molecule has 0 spiro atoms.